The predicted molar refractivity (Wildman–Crippen MR) is 236 cm³/mol. The molecule has 0 N–H and O–H groups in total. The van der Waals surface area contributed by atoms with Crippen LogP contribution in [0.1, 0.15) is 0 Å². The van der Waals surface area contributed by atoms with Crippen LogP contribution in [0.5, 0.6) is 0 Å². The molecule has 5 nitrogen and oxygen atoms in total. The number of benzene rings is 9. The van der Waals surface area contributed by atoms with Gasteiger partial charge in [0.25, 0.3) is 0 Å². The van der Waals surface area contributed by atoms with Crippen LogP contribution in [0.2, 0.25) is 0 Å². The molecule has 5 heteroatoms. The molecule has 0 amide bonds. The number of hydrogen-bond acceptors (Lipinski definition) is 3. The summed E-state index contributed by atoms with van der Waals surface area (Å²) in [5.41, 5.74) is 10.0. The van der Waals surface area contributed by atoms with E-state index < -0.39 is 0 Å². The first-order valence-electron chi connectivity index (χ1n) is 19.3. The Labute approximate surface area is 325 Å². The highest BCUT2D eigenvalue weighted by Gasteiger charge is 2.26. The van der Waals surface area contributed by atoms with Gasteiger partial charge in [0.15, 0.2) is 0 Å². The zero-order valence-corrected chi connectivity index (χ0v) is 30.5. The second kappa shape index (κ2) is 11.4. The van der Waals surface area contributed by atoms with Crippen molar-refractivity contribution in [1.82, 2.24) is 19.1 Å². The van der Waals surface area contributed by atoms with Gasteiger partial charge in [0.05, 0.1) is 44.4 Å². The normalized spacial score (nSPS) is 12.2. The van der Waals surface area contributed by atoms with Gasteiger partial charge in [-0.1, -0.05) is 133 Å². The molecule has 0 aliphatic carbocycles. The van der Waals surface area contributed by atoms with Gasteiger partial charge in [0.2, 0.25) is 5.95 Å². The van der Waals surface area contributed by atoms with Gasteiger partial charge in [0.1, 0.15) is 11.2 Å². The molecule has 0 saturated heterocycles. The Hall–Kier alpha value is -7.76. The molecule has 264 valence electrons. The van der Waals surface area contributed by atoms with Crippen LogP contribution in [-0.4, -0.2) is 19.1 Å². The van der Waals surface area contributed by atoms with Crippen LogP contribution >= 0.6 is 0 Å². The van der Waals surface area contributed by atoms with E-state index in [9.17, 15) is 0 Å². The van der Waals surface area contributed by atoms with Gasteiger partial charge in [-0.15, -0.1) is 0 Å². The highest BCUT2D eigenvalue weighted by molar-refractivity contribution is 6.31. The summed E-state index contributed by atoms with van der Waals surface area (Å²) in [4.78, 5) is 11.1. The lowest BCUT2D eigenvalue weighted by Crippen LogP contribution is -2.04. The smallest absolute Gasteiger partial charge is 0.235 e. The van der Waals surface area contributed by atoms with Crippen molar-refractivity contribution in [3.63, 3.8) is 0 Å². The van der Waals surface area contributed by atoms with Gasteiger partial charge in [-0.3, -0.25) is 4.57 Å². The highest BCUT2D eigenvalue weighted by Crippen LogP contribution is 2.46. The van der Waals surface area contributed by atoms with Crippen molar-refractivity contribution >= 4 is 98.0 Å². The van der Waals surface area contributed by atoms with E-state index in [1.807, 2.05) is 6.07 Å². The predicted octanol–water partition coefficient (Wildman–Crippen LogP) is 13.7. The number of furan rings is 1. The second-order valence-electron chi connectivity index (χ2n) is 14.9. The van der Waals surface area contributed by atoms with E-state index in [1.54, 1.807) is 0 Å². The molecule has 4 heterocycles. The highest BCUT2D eigenvalue weighted by atomic mass is 16.3. The average molecular weight is 727 g/mol. The van der Waals surface area contributed by atoms with E-state index in [4.69, 9.17) is 14.4 Å². The van der Waals surface area contributed by atoms with Gasteiger partial charge < -0.3 is 8.98 Å². The number of aromatic nitrogens is 4. The second-order valence-corrected chi connectivity index (χ2v) is 14.9. The Balaban J connectivity index is 1.26. The van der Waals surface area contributed by atoms with E-state index >= 15 is 0 Å². The summed E-state index contributed by atoms with van der Waals surface area (Å²) in [6.45, 7) is 0. The van der Waals surface area contributed by atoms with Crippen LogP contribution in [0.25, 0.3) is 121 Å². The third-order valence-electron chi connectivity index (χ3n) is 11.9. The van der Waals surface area contributed by atoms with Gasteiger partial charge in [-0.05, 0) is 59.3 Å². The molecule has 4 aromatic heterocycles. The van der Waals surface area contributed by atoms with E-state index in [0.29, 0.717) is 5.95 Å². The summed E-state index contributed by atoms with van der Waals surface area (Å²) in [5, 5.41) is 12.3. The monoisotopic (exact) mass is 726 g/mol. The molecule has 0 saturated carbocycles. The third kappa shape index (κ3) is 4.17. The molecule has 13 aromatic rings. The molecule has 0 atom stereocenters. The van der Waals surface area contributed by atoms with Crippen molar-refractivity contribution in [3.8, 4) is 22.9 Å². The maximum atomic E-state index is 6.81. The van der Waals surface area contributed by atoms with Crippen LogP contribution < -0.4 is 0 Å². The maximum Gasteiger partial charge on any atom is 0.235 e. The fraction of sp³-hybridized carbons (Fsp3) is 0. The van der Waals surface area contributed by atoms with Gasteiger partial charge in [-0.25, -0.2) is 9.97 Å². The van der Waals surface area contributed by atoms with Gasteiger partial charge in [0, 0.05) is 48.7 Å². The lowest BCUT2D eigenvalue weighted by Gasteiger charge is -2.14. The van der Waals surface area contributed by atoms with Crippen molar-refractivity contribution in [2.24, 2.45) is 0 Å². The lowest BCUT2D eigenvalue weighted by atomic mass is 10.0. The summed E-state index contributed by atoms with van der Waals surface area (Å²) < 4.78 is 11.5. The topological polar surface area (TPSA) is 48.8 Å². The van der Waals surface area contributed by atoms with Crippen molar-refractivity contribution in [2.75, 3.05) is 0 Å². The van der Waals surface area contributed by atoms with E-state index in [1.165, 1.54) is 10.8 Å². The fourth-order valence-electron chi connectivity index (χ4n) is 9.46. The first kappa shape index (κ1) is 30.6. The molecule has 0 aliphatic heterocycles. The number of hydrogen-bond donors (Lipinski definition) is 0. The van der Waals surface area contributed by atoms with Gasteiger partial charge >= 0.3 is 0 Å². The number of rotatable bonds is 3. The summed E-state index contributed by atoms with van der Waals surface area (Å²) in [7, 11) is 0. The molecule has 0 radical (unpaired) electrons. The number of para-hydroxylation sites is 2. The van der Waals surface area contributed by atoms with E-state index in [-0.39, 0.29) is 0 Å². The van der Waals surface area contributed by atoms with Crippen LogP contribution in [-0.2, 0) is 0 Å². The first-order chi connectivity index (χ1) is 28.3. The van der Waals surface area contributed by atoms with Crippen LogP contribution in [0, 0.1) is 0 Å². The van der Waals surface area contributed by atoms with E-state index in [0.717, 1.165) is 104 Å². The summed E-state index contributed by atoms with van der Waals surface area (Å²) in [6.07, 6.45) is 0. The quantitative estimate of drug-likeness (QED) is 0.170. The average Bonchev–Trinajstić information content (AvgIpc) is 3.94. The standard InChI is InChI=1S/C52H30N4O/c1-2-15-33(16-3-1)48-40-26-25-32-14-5-7-19-35(32)49(40)54-52(53-48)56-44-29-27-37-36-20-9-11-24-45(36)57-51(37)47(44)39-28-30-43-46(50(39)56)38-21-8-10-22-42(38)55(43)41-23-12-17-31-13-4-6-18-34(31)41/h1-30H. The van der Waals surface area contributed by atoms with E-state index in [2.05, 4.69) is 185 Å². The number of nitrogens with zero attached hydrogens (tertiary/aromatic N) is 4. The maximum absolute atomic E-state index is 6.81. The molecule has 0 bridgehead atoms. The Morgan fingerprint density at radius 2 is 1.04 bits per heavy atom. The van der Waals surface area contributed by atoms with Crippen LogP contribution in [0.15, 0.2) is 186 Å². The Morgan fingerprint density at radius 1 is 0.386 bits per heavy atom. The molecular formula is C52H30N4O. The Bertz CT molecular complexity index is 3810. The molecule has 13 rings (SSSR count). The van der Waals surface area contributed by atoms with Crippen molar-refractivity contribution < 1.29 is 4.42 Å². The van der Waals surface area contributed by atoms with Crippen molar-refractivity contribution in [2.45, 2.75) is 0 Å². The minimum absolute atomic E-state index is 0.614. The zero-order valence-electron chi connectivity index (χ0n) is 30.5. The van der Waals surface area contributed by atoms with Crippen LogP contribution in [0.3, 0.4) is 0 Å². The van der Waals surface area contributed by atoms with Crippen LogP contribution in [0.4, 0.5) is 0 Å². The molecule has 0 aliphatic rings. The molecular weight excluding hydrogens is 697 g/mol. The van der Waals surface area contributed by atoms with Crippen molar-refractivity contribution in [1.29, 1.82) is 0 Å². The molecule has 0 spiro atoms. The lowest BCUT2D eigenvalue weighted by molar-refractivity contribution is 0.673. The zero-order chi connectivity index (χ0) is 37.2. The molecule has 57 heavy (non-hydrogen) atoms. The Morgan fingerprint density at radius 3 is 1.89 bits per heavy atom. The largest absolute Gasteiger partial charge is 0.455 e. The minimum Gasteiger partial charge on any atom is -0.455 e. The van der Waals surface area contributed by atoms with Crippen molar-refractivity contribution in [3.05, 3.63) is 182 Å². The summed E-state index contributed by atoms with van der Waals surface area (Å²) >= 11 is 0. The Kier molecular flexibility index (Phi) is 6.10. The van der Waals surface area contributed by atoms with Gasteiger partial charge in [-0.2, -0.15) is 0 Å². The minimum atomic E-state index is 0.614. The third-order valence-corrected chi connectivity index (χ3v) is 11.9. The number of fused-ring (bicyclic) bond motifs is 15. The molecule has 0 fully saturated rings. The molecule has 9 aromatic carbocycles. The summed E-state index contributed by atoms with van der Waals surface area (Å²) in [6, 6.07) is 64.6. The fourth-order valence-corrected chi connectivity index (χ4v) is 9.46. The SMILES string of the molecule is c1ccc(-c2nc(-n3c4ccc5c6ccccc6oc5c4c4ccc5c(c6ccccc6n5-c5cccc6ccccc56)c43)nc3c2ccc2ccccc23)cc1. The first-order valence-corrected chi connectivity index (χ1v) is 19.3. The molecule has 0 unspecified atom stereocenters. The summed E-state index contributed by atoms with van der Waals surface area (Å²) in [5.74, 6) is 0.614.